The van der Waals surface area contributed by atoms with Crippen molar-refractivity contribution in [2.75, 3.05) is 0 Å². The molecule has 0 bridgehead atoms. The second-order valence-corrected chi connectivity index (χ2v) is 12.4. The molecule has 0 aliphatic heterocycles. The van der Waals surface area contributed by atoms with Crippen molar-refractivity contribution in [1.29, 1.82) is 0 Å². The van der Waals surface area contributed by atoms with Gasteiger partial charge in [0, 0.05) is 0 Å². The summed E-state index contributed by atoms with van der Waals surface area (Å²) in [5, 5.41) is 0. The summed E-state index contributed by atoms with van der Waals surface area (Å²) in [5.41, 5.74) is 0. The van der Waals surface area contributed by atoms with E-state index in [9.17, 15) is 7.38 Å². The summed E-state index contributed by atoms with van der Waals surface area (Å²) >= 11 is -4.48. The molecule has 0 rings (SSSR count). The van der Waals surface area contributed by atoms with Crippen LogP contribution in [0.4, 0.5) is 0 Å². The van der Waals surface area contributed by atoms with Crippen molar-refractivity contribution >= 4 is 8.32 Å². The van der Waals surface area contributed by atoms with Gasteiger partial charge >= 0.3 is 118 Å². The molecule has 0 saturated heterocycles. The molecule has 0 unspecified atom stereocenters. The van der Waals surface area contributed by atoms with E-state index in [4.69, 9.17) is 6.33 Å². The summed E-state index contributed by atoms with van der Waals surface area (Å²) in [6, 6.07) is 2.97. The first kappa shape index (κ1) is 18.8. The Hall–Kier alpha value is 0.771. The van der Waals surface area contributed by atoms with Gasteiger partial charge in [0.1, 0.15) is 0 Å². The first-order valence-electron chi connectivity index (χ1n) is 7.13. The molecule has 2 N–H and O–H groups in total. The van der Waals surface area contributed by atoms with Gasteiger partial charge in [-0.2, -0.15) is 0 Å². The van der Waals surface area contributed by atoms with Gasteiger partial charge in [-0.05, 0) is 0 Å². The Morgan fingerprint density at radius 2 is 1.33 bits per heavy atom. The molecule has 0 radical (unpaired) electrons. The van der Waals surface area contributed by atoms with Crippen LogP contribution in [0.1, 0.15) is 53.9 Å². The van der Waals surface area contributed by atoms with Gasteiger partial charge in [-0.3, -0.25) is 0 Å². The van der Waals surface area contributed by atoms with Crippen LogP contribution in [-0.2, 0) is 24.5 Å². The van der Waals surface area contributed by atoms with Gasteiger partial charge in [0.05, 0.1) is 0 Å². The van der Waals surface area contributed by atoms with Gasteiger partial charge in [0.2, 0.25) is 0 Å². The predicted octanol–water partition coefficient (Wildman–Crippen LogP) is 3.40. The average Bonchev–Trinajstić information content (AvgIpc) is 2.15. The molecule has 18 heavy (non-hydrogen) atoms. The molecular formula is C12H30O4SiTi. The Labute approximate surface area is 118 Å². The van der Waals surface area contributed by atoms with Crippen LogP contribution < -0.4 is 0 Å². The molecule has 0 atom stereocenters. The van der Waals surface area contributed by atoms with Gasteiger partial charge < -0.3 is 0 Å². The van der Waals surface area contributed by atoms with Gasteiger partial charge in [-0.25, -0.2) is 0 Å². The monoisotopic (exact) mass is 314 g/mol. The van der Waals surface area contributed by atoms with E-state index in [1.807, 2.05) is 0 Å². The maximum absolute atomic E-state index is 10.0. The van der Waals surface area contributed by atoms with E-state index < -0.39 is 26.5 Å². The van der Waals surface area contributed by atoms with E-state index >= 15 is 0 Å². The molecular weight excluding hydrogens is 284 g/mol. The molecule has 0 saturated carbocycles. The maximum atomic E-state index is 10.0. The summed E-state index contributed by atoms with van der Waals surface area (Å²) in [4.78, 5) is 0. The molecule has 0 aliphatic carbocycles. The molecule has 0 amide bonds. The van der Waals surface area contributed by atoms with Gasteiger partial charge in [-0.15, -0.1) is 0 Å². The van der Waals surface area contributed by atoms with Crippen molar-refractivity contribution in [1.82, 2.24) is 0 Å². The fourth-order valence-electron chi connectivity index (χ4n) is 2.51. The average molecular weight is 314 g/mol. The van der Waals surface area contributed by atoms with Crippen LogP contribution in [0.3, 0.4) is 0 Å². The van der Waals surface area contributed by atoms with E-state index in [0.717, 1.165) is 37.4 Å². The van der Waals surface area contributed by atoms with Crippen LogP contribution in [0.25, 0.3) is 0 Å². The third kappa shape index (κ3) is 7.38. The van der Waals surface area contributed by atoms with Crippen molar-refractivity contribution in [3.8, 4) is 0 Å². The van der Waals surface area contributed by atoms with Gasteiger partial charge in [-0.1, -0.05) is 0 Å². The molecule has 0 heterocycles. The summed E-state index contributed by atoms with van der Waals surface area (Å²) in [7, 11) is -2.04. The van der Waals surface area contributed by atoms with Gasteiger partial charge in [0.25, 0.3) is 0 Å². The first-order valence-corrected chi connectivity index (χ1v) is 12.3. The second kappa shape index (κ2) is 8.85. The van der Waals surface area contributed by atoms with Crippen LogP contribution in [0.5, 0.6) is 0 Å². The predicted molar refractivity (Wildman–Crippen MR) is 72.8 cm³/mol. The SMILES string of the molecule is CCC[Si](CCC)(CCC)[O][Ti]([OH])([OH])[O]C(C)C. The minimum atomic E-state index is -4.48. The Bertz CT molecular complexity index is 207. The second-order valence-electron chi connectivity index (χ2n) is 5.25. The third-order valence-electron chi connectivity index (χ3n) is 2.86. The van der Waals surface area contributed by atoms with Crippen molar-refractivity contribution < 1.29 is 31.8 Å². The Morgan fingerprint density at radius 3 is 1.61 bits per heavy atom. The molecule has 4 nitrogen and oxygen atoms in total. The Kier molecular flexibility index (Phi) is 9.22. The van der Waals surface area contributed by atoms with E-state index in [1.165, 1.54) is 0 Å². The Balaban J connectivity index is 4.82. The van der Waals surface area contributed by atoms with Crippen molar-refractivity contribution in [3.63, 3.8) is 0 Å². The summed E-state index contributed by atoms with van der Waals surface area (Å²) in [5.74, 6) is 0. The fourth-order valence-corrected chi connectivity index (χ4v) is 12.2. The van der Waals surface area contributed by atoms with Crippen molar-refractivity contribution in [2.24, 2.45) is 0 Å². The van der Waals surface area contributed by atoms with Crippen LogP contribution in [0.15, 0.2) is 0 Å². The quantitative estimate of drug-likeness (QED) is 0.607. The summed E-state index contributed by atoms with van der Waals surface area (Å²) < 4.78 is 31.2. The molecule has 0 aromatic heterocycles. The number of hydrogen-bond donors (Lipinski definition) is 2. The minimum absolute atomic E-state index is 0.198. The number of rotatable bonds is 10. The topological polar surface area (TPSA) is 58.9 Å². The molecule has 0 spiro atoms. The molecule has 6 heteroatoms. The zero-order chi connectivity index (χ0) is 14.2. The molecule has 0 fully saturated rings. The Morgan fingerprint density at radius 1 is 0.944 bits per heavy atom. The molecule has 110 valence electrons. The summed E-state index contributed by atoms with van der Waals surface area (Å²) in [6.07, 6.45) is 2.90. The van der Waals surface area contributed by atoms with Crippen molar-refractivity contribution in [3.05, 3.63) is 0 Å². The van der Waals surface area contributed by atoms with E-state index in [0.29, 0.717) is 0 Å². The van der Waals surface area contributed by atoms with Crippen LogP contribution in [0, 0.1) is 0 Å². The molecule has 0 aliphatic rings. The summed E-state index contributed by atoms with van der Waals surface area (Å²) in [6.45, 7) is 9.99. The van der Waals surface area contributed by atoms with Crippen LogP contribution in [0.2, 0.25) is 18.1 Å². The van der Waals surface area contributed by atoms with E-state index in [-0.39, 0.29) is 6.10 Å². The standard InChI is InChI=1S/C9H21OSi.C3H7O.2H2O.Ti/c1-4-7-11(10,8-5-2)9-6-3;1-3(2)4;;;/h4-9H2,1-3H3;3H,1-2H3;2*1H2;/q2*-1;;;+4/p-2. The van der Waals surface area contributed by atoms with Crippen LogP contribution in [-0.4, -0.2) is 21.8 Å². The first-order chi connectivity index (χ1) is 8.31. The zero-order valence-corrected chi connectivity index (χ0v) is 15.1. The van der Waals surface area contributed by atoms with Gasteiger partial charge in [0.15, 0.2) is 0 Å². The molecule has 0 aromatic rings. The number of hydrogen-bond acceptors (Lipinski definition) is 4. The van der Waals surface area contributed by atoms with Crippen molar-refractivity contribution in [2.45, 2.75) is 78.1 Å². The third-order valence-corrected chi connectivity index (χ3v) is 12.3. The normalized spacial score (nSPS) is 13.3. The van der Waals surface area contributed by atoms with E-state index in [2.05, 4.69) is 20.8 Å². The van der Waals surface area contributed by atoms with Crippen LogP contribution >= 0.6 is 0 Å². The van der Waals surface area contributed by atoms with E-state index in [1.54, 1.807) is 13.8 Å². The fraction of sp³-hybridized carbons (Fsp3) is 1.00. The zero-order valence-electron chi connectivity index (χ0n) is 12.5. The molecule has 0 aromatic carbocycles.